The Hall–Kier alpha value is -7.22. The fourth-order valence-electron chi connectivity index (χ4n) is 7.53. The average molecular weight is 664 g/mol. The van der Waals surface area contributed by atoms with Crippen LogP contribution in [-0.2, 0) is 0 Å². The summed E-state index contributed by atoms with van der Waals surface area (Å²) in [4.78, 5) is 5.15. The number of aromatic nitrogens is 2. The van der Waals surface area contributed by atoms with E-state index in [-0.39, 0.29) is 0 Å². The highest BCUT2D eigenvalue weighted by Gasteiger charge is 2.20. The maximum absolute atomic E-state index is 9.56. The molecule has 242 valence electrons. The zero-order valence-corrected chi connectivity index (χ0v) is 28.0. The molecule has 0 N–H and O–H groups in total. The van der Waals surface area contributed by atoms with Crippen LogP contribution in [0.2, 0.25) is 0 Å². The van der Waals surface area contributed by atoms with E-state index in [0.717, 1.165) is 94.2 Å². The first-order chi connectivity index (χ1) is 25.7. The summed E-state index contributed by atoms with van der Waals surface area (Å²) in [5.41, 5.74) is 13.7. The topological polar surface area (TPSA) is 54.8 Å². The lowest BCUT2D eigenvalue weighted by Gasteiger charge is -2.15. The second kappa shape index (κ2) is 12.0. The van der Waals surface area contributed by atoms with E-state index in [9.17, 15) is 5.26 Å². The lowest BCUT2D eigenvalue weighted by atomic mass is 9.95. The molecule has 0 amide bonds. The molecule has 0 saturated heterocycles. The molecule has 10 aromatic rings. The van der Waals surface area contributed by atoms with Crippen LogP contribution >= 0.6 is 0 Å². The molecule has 3 aromatic heterocycles. The molecule has 0 radical (unpaired) electrons. The highest BCUT2D eigenvalue weighted by molar-refractivity contribution is 6.23. The SMILES string of the molecule is N#Cc1ccc(-c2cc(-c3cc(-c4ccccc4)nc(-c4ccccc4)c3)cc(-n3c4ccccc4c4c5oc6ccccc6c5ccc43)c2)cc1. The van der Waals surface area contributed by atoms with E-state index in [1.54, 1.807) is 0 Å². The maximum atomic E-state index is 9.56. The third kappa shape index (κ3) is 4.87. The first kappa shape index (κ1) is 29.7. The quantitative estimate of drug-likeness (QED) is 0.184. The number of benzene rings is 7. The summed E-state index contributed by atoms with van der Waals surface area (Å²) in [5.74, 6) is 0. The van der Waals surface area contributed by atoms with E-state index >= 15 is 0 Å². The smallest absolute Gasteiger partial charge is 0.145 e. The van der Waals surface area contributed by atoms with Gasteiger partial charge in [0.25, 0.3) is 0 Å². The zero-order valence-electron chi connectivity index (χ0n) is 28.0. The summed E-state index contributed by atoms with van der Waals surface area (Å²) in [5, 5.41) is 14.0. The Morgan fingerprint density at radius 1 is 0.462 bits per heavy atom. The molecule has 0 spiro atoms. The van der Waals surface area contributed by atoms with Gasteiger partial charge in [-0.1, -0.05) is 109 Å². The van der Waals surface area contributed by atoms with Crippen LogP contribution in [0.25, 0.3) is 94.2 Å². The van der Waals surface area contributed by atoms with Gasteiger partial charge in [0.15, 0.2) is 0 Å². The number of hydrogen-bond donors (Lipinski definition) is 0. The fourth-order valence-corrected chi connectivity index (χ4v) is 7.53. The Bertz CT molecular complexity index is 2950. The van der Waals surface area contributed by atoms with Crippen molar-refractivity contribution in [3.63, 3.8) is 0 Å². The van der Waals surface area contributed by atoms with Crippen molar-refractivity contribution < 1.29 is 4.42 Å². The van der Waals surface area contributed by atoms with Gasteiger partial charge in [-0.2, -0.15) is 5.26 Å². The van der Waals surface area contributed by atoms with E-state index in [1.807, 2.05) is 48.5 Å². The summed E-state index contributed by atoms with van der Waals surface area (Å²) in [6.07, 6.45) is 0. The minimum Gasteiger partial charge on any atom is -0.455 e. The summed E-state index contributed by atoms with van der Waals surface area (Å²) in [6.45, 7) is 0. The summed E-state index contributed by atoms with van der Waals surface area (Å²) in [7, 11) is 0. The standard InChI is InChI=1S/C48H29N3O/c49-30-31-19-21-32(22-20-31)35-25-36(37-28-42(33-11-3-1-4-12-33)50-43(29-37)34-13-5-2-6-14-34)27-38(26-35)51-44-17-9-7-16-41(44)47-45(51)24-23-40-39-15-8-10-18-46(39)52-48(40)47/h1-29H. The molecular formula is C48H29N3O. The number of pyridine rings is 1. The molecule has 3 heterocycles. The molecule has 0 unspecified atom stereocenters. The van der Waals surface area contributed by atoms with Crippen LogP contribution in [0.5, 0.6) is 0 Å². The number of hydrogen-bond acceptors (Lipinski definition) is 3. The van der Waals surface area contributed by atoms with Crippen LogP contribution in [0.3, 0.4) is 0 Å². The van der Waals surface area contributed by atoms with E-state index in [4.69, 9.17) is 9.40 Å². The van der Waals surface area contributed by atoms with Gasteiger partial charge in [0.2, 0.25) is 0 Å². The van der Waals surface area contributed by atoms with Gasteiger partial charge in [-0.15, -0.1) is 0 Å². The molecule has 7 aromatic carbocycles. The Kier molecular flexibility index (Phi) is 6.84. The molecule has 0 aliphatic heterocycles. The van der Waals surface area contributed by atoms with Crippen molar-refractivity contribution in [2.75, 3.05) is 0 Å². The van der Waals surface area contributed by atoms with Crippen molar-refractivity contribution in [1.82, 2.24) is 9.55 Å². The number of nitrogens with zero attached hydrogens (tertiary/aromatic N) is 3. The third-order valence-electron chi connectivity index (χ3n) is 10.0. The largest absolute Gasteiger partial charge is 0.455 e. The van der Waals surface area contributed by atoms with E-state index in [2.05, 4.69) is 138 Å². The van der Waals surface area contributed by atoms with Crippen LogP contribution < -0.4 is 0 Å². The molecule has 4 heteroatoms. The number of rotatable bonds is 5. The number of furan rings is 1. The minimum atomic E-state index is 0.631. The second-order valence-electron chi connectivity index (χ2n) is 13.1. The van der Waals surface area contributed by atoms with Gasteiger partial charge >= 0.3 is 0 Å². The van der Waals surface area contributed by atoms with Gasteiger partial charge in [-0.3, -0.25) is 0 Å². The predicted molar refractivity (Wildman–Crippen MR) is 212 cm³/mol. The van der Waals surface area contributed by atoms with E-state index in [1.165, 1.54) is 0 Å². The lowest BCUT2D eigenvalue weighted by Crippen LogP contribution is -1.97. The van der Waals surface area contributed by atoms with Crippen molar-refractivity contribution in [1.29, 1.82) is 5.26 Å². The first-order valence-electron chi connectivity index (χ1n) is 17.3. The minimum absolute atomic E-state index is 0.631. The second-order valence-corrected chi connectivity index (χ2v) is 13.1. The average Bonchev–Trinajstić information content (AvgIpc) is 3.77. The molecule has 0 saturated carbocycles. The normalized spacial score (nSPS) is 11.4. The number of para-hydroxylation sites is 2. The van der Waals surface area contributed by atoms with Crippen LogP contribution in [0, 0.1) is 11.3 Å². The highest BCUT2D eigenvalue weighted by atomic mass is 16.3. The molecule has 0 atom stereocenters. The lowest BCUT2D eigenvalue weighted by molar-refractivity contribution is 0.673. The van der Waals surface area contributed by atoms with Gasteiger partial charge in [-0.05, 0) is 89.0 Å². The molecule has 0 fully saturated rings. The van der Waals surface area contributed by atoms with Gasteiger partial charge in [-0.25, -0.2) is 4.98 Å². The summed E-state index contributed by atoms with van der Waals surface area (Å²) < 4.78 is 8.95. The molecule has 0 bridgehead atoms. The molecule has 4 nitrogen and oxygen atoms in total. The predicted octanol–water partition coefficient (Wildman–Crippen LogP) is 12.6. The molecular weight excluding hydrogens is 635 g/mol. The van der Waals surface area contributed by atoms with Crippen LogP contribution in [-0.4, -0.2) is 9.55 Å². The third-order valence-corrected chi connectivity index (χ3v) is 10.0. The maximum Gasteiger partial charge on any atom is 0.145 e. The zero-order chi connectivity index (χ0) is 34.6. The van der Waals surface area contributed by atoms with E-state index < -0.39 is 0 Å². The Morgan fingerprint density at radius 3 is 1.75 bits per heavy atom. The van der Waals surface area contributed by atoms with Crippen molar-refractivity contribution in [3.8, 4) is 56.5 Å². The van der Waals surface area contributed by atoms with E-state index in [0.29, 0.717) is 5.56 Å². The summed E-state index contributed by atoms with van der Waals surface area (Å²) in [6, 6.07) is 63.2. The van der Waals surface area contributed by atoms with Gasteiger partial charge in [0, 0.05) is 33.0 Å². The molecule has 0 aliphatic carbocycles. The molecule has 52 heavy (non-hydrogen) atoms. The summed E-state index contributed by atoms with van der Waals surface area (Å²) >= 11 is 0. The fraction of sp³-hybridized carbons (Fsp3) is 0. The van der Waals surface area contributed by atoms with Gasteiger partial charge in [0.05, 0.1) is 39.4 Å². The van der Waals surface area contributed by atoms with Crippen LogP contribution in [0.1, 0.15) is 5.56 Å². The van der Waals surface area contributed by atoms with Gasteiger partial charge < -0.3 is 8.98 Å². The van der Waals surface area contributed by atoms with Crippen LogP contribution in [0.4, 0.5) is 0 Å². The first-order valence-corrected chi connectivity index (χ1v) is 17.3. The van der Waals surface area contributed by atoms with Crippen molar-refractivity contribution >= 4 is 43.7 Å². The number of nitriles is 1. The Labute approximate surface area is 300 Å². The van der Waals surface area contributed by atoms with Crippen molar-refractivity contribution in [3.05, 3.63) is 181 Å². The monoisotopic (exact) mass is 663 g/mol. The number of fused-ring (bicyclic) bond motifs is 7. The Balaban J connectivity index is 1.27. The molecule has 0 aliphatic rings. The van der Waals surface area contributed by atoms with Crippen molar-refractivity contribution in [2.24, 2.45) is 0 Å². The van der Waals surface area contributed by atoms with Gasteiger partial charge in [0.1, 0.15) is 11.2 Å². The highest BCUT2D eigenvalue weighted by Crippen LogP contribution is 2.42. The molecule has 10 rings (SSSR count). The van der Waals surface area contributed by atoms with Crippen LogP contribution in [0.15, 0.2) is 180 Å². The van der Waals surface area contributed by atoms with Crippen molar-refractivity contribution in [2.45, 2.75) is 0 Å². The Morgan fingerprint density at radius 2 is 1.06 bits per heavy atom.